The van der Waals surface area contributed by atoms with E-state index < -0.39 is 40.5 Å². The largest absolute Gasteiger partial charge is 0.451 e. The molecule has 4 N–H and O–H groups in total. The Morgan fingerprint density at radius 2 is 1.69 bits per heavy atom. The molecule has 0 bridgehead atoms. The zero-order chi connectivity index (χ0) is 24.1. The summed E-state index contributed by atoms with van der Waals surface area (Å²) in [5, 5.41) is 9.96. The molecular formula is C22H27N3O6S. The Labute approximate surface area is 187 Å². The maximum absolute atomic E-state index is 12.2. The second-order valence-electron chi connectivity index (χ2n) is 8.20. The van der Waals surface area contributed by atoms with Crippen LogP contribution in [0.1, 0.15) is 43.6 Å². The number of nitrogens with two attached hydrogens (primary N) is 1. The molecule has 0 heterocycles. The smallest absolute Gasteiger partial charge is 0.326 e. The lowest BCUT2D eigenvalue weighted by atomic mass is 9.87. The lowest BCUT2D eigenvalue weighted by Crippen LogP contribution is -2.35. The Morgan fingerprint density at radius 1 is 1.06 bits per heavy atom. The predicted molar refractivity (Wildman–Crippen MR) is 119 cm³/mol. The van der Waals surface area contributed by atoms with Gasteiger partial charge in [0.05, 0.1) is 4.90 Å². The number of hydrogen-bond donors (Lipinski definition) is 3. The Balaban J connectivity index is 1.87. The summed E-state index contributed by atoms with van der Waals surface area (Å²) in [4.78, 5) is 36.3. The number of primary sulfonamides is 1. The van der Waals surface area contributed by atoms with E-state index in [1.54, 1.807) is 12.1 Å². The first-order chi connectivity index (χ1) is 14.8. The molecule has 0 saturated carbocycles. The van der Waals surface area contributed by atoms with Gasteiger partial charge >= 0.3 is 5.97 Å². The molecule has 10 heteroatoms. The zero-order valence-corrected chi connectivity index (χ0v) is 19.2. The van der Waals surface area contributed by atoms with Crippen LogP contribution < -0.4 is 15.8 Å². The summed E-state index contributed by atoms with van der Waals surface area (Å²) in [5.74, 6) is -1.92. The molecule has 0 spiro atoms. The van der Waals surface area contributed by atoms with Crippen molar-refractivity contribution in [3.8, 4) is 0 Å². The lowest BCUT2D eigenvalue weighted by molar-refractivity contribution is -0.152. The van der Waals surface area contributed by atoms with Crippen LogP contribution in [0.2, 0.25) is 0 Å². The highest BCUT2D eigenvalue weighted by molar-refractivity contribution is 7.89. The van der Waals surface area contributed by atoms with Gasteiger partial charge in [-0.25, -0.2) is 13.6 Å². The van der Waals surface area contributed by atoms with Crippen LogP contribution in [-0.4, -0.2) is 38.9 Å². The van der Waals surface area contributed by atoms with Gasteiger partial charge in [0.15, 0.2) is 6.10 Å². The molecule has 32 heavy (non-hydrogen) atoms. The average molecular weight is 462 g/mol. The molecule has 0 fully saturated rings. The van der Waals surface area contributed by atoms with Gasteiger partial charge in [-0.2, -0.15) is 0 Å². The van der Waals surface area contributed by atoms with Crippen LogP contribution in [0.5, 0.6) is 0 Å². The average Bonchev–Trinajstić information content (AvgIpc) is 2.71. The number of rotatable bonds is 7. The first-order valence-electron chi connectivity index (χ1n) is 9.79. The monoisotopic (exact) mass is 461 g/mol. The Kier molecular flexibility index (Phi) is 7.76. The van der Waals surface area contributed by atoms with E-state index in [9.17, 15) is 22.8 Å². The van der Waals surface area contributed by atoms with Gasteiger partial charge in [-0.1, -0.05) is 39.0 Å². The second-order valence-corrected chi connectivity index (χ2v) is 9.77. The molecule has 0 radical (unpaired) electrons. The molecule has 0 aliphatic rings. The van der Waals surface area contributed by atoms with Crippen LogP contribution in [-0.2, 0) is 29.8 Å². The molecule has 0 aromatic heterocycles. The van der Waals surface area contributed by atoms with Crippen molar-refractivity contribution in [2.24, 2.45) is 5.14 Å². The first-order valence-corrected chi connectivity index (χ1v) is 11.3. The predicted octanol–water partition coefficient (Wildman–Crippen LogP) is 1.93. The van der Waals surface area contributed by atoms with Crippen LogP contribution in [0.4, 0.5) is 5.69 Å². The van der Waals surface area contributed by atoms with Gasteiger partial charge in [-0.15, -0.1) is 0 Å². The number of benzene rings is 2. The Morgan fingerprint density at radius 3 is 2.25 bits per heavy atom. The first kappa shape index (κ1) is 25.0. The zero-order valence-electron chi connectivity index (χ0n) is 18.3. The SMILES string of the molecule is CC(OC(=O)CNC(=O)c1ccc(C(C)(C)C)cc1)C(=O)Nc1cccc(S(N)(=O)=O)c1. The van der Waals surface area contributed by atoms with Crippen molar-refractivity contribution in [3.63, 3.8) is 0 Å². The van der Waals surface area contributed by atoms with E-state index in [2.05, 4.69) is 31.4 Å². The fourth-order valence-electron chi connectivity index (χ4n) is 2.66. The standard InChI is InChI=1S/C22H27N3O6S/c1-14(20(27)25-17-6-5-7-18(12-17)32(23,29)30)31-19(26)13-24-21(28)15-8-10-16(11-9-15)22(2,3)4/h5-12,14H,13H2,1-4H3,(H,24,28)(H,25,27)(H2,23,29,30). The minimum Gasteiger partial charge on any atom is -0.451 e. The molecule has 1 atom stereocenters. The van der Waals surface area contributed by atoms with E-state index in [0.717, 1.165) is 5.56 Å². The van der Waals surface area contributed by atoms with Crippen molar-refractivity contribution in [2.45, 2.75) is 44.1 Å². The van der Waals surface area contributed by atoms with E-state index in [1.807, 2.05) is 12.1 Å². The van der Waals surface area contributed by atoms with Crippen LogP contribution in [0.25, 0.3) is 0 Å². The highest BCUT2D eigenvalue weighted by atomic mass is 32.2. The van der Waals surface area contributed by atoms with Gasteiger partial charge in [-0.05, 0) is 48.2 Å². The Bertz CT molecular complexity index is 1110. The molecular weight excluding hydrogens is 434 g/mol. The lowest BCUT2D eigenvalue weighted by Gasteiger charge is -2.19. The number of sulfonamides is 1. The van der Waals surface area contributed by atoms with Crippen molar-refractivity contribution in [1.29, 1.82) is 0 Å². The minimum absolute atomic E-state index is 0.0462. The van der Waals surface area contributed by atoms with E-state index >= 15 is 0 Å². The molecule has 2 aromatic carbocycles. The van der Waals surface area contributed by atoms with Crippen molar-refractivity contribution in [2.75, 3.05) is 11.9 Å². The second kappa shape index (κ2) is 9.92. The fraction of sp³-hybridized carbons (Fsp3) is 0.318. The maximum Gasteiger partial charge on any atom is 0.326 e. The molecule has 2 aromatic rings. The van der Waals surface area contributed by atoms with Gasteiger partial charge in [0.2, 0.25) is 10.0 Å². The topological polar surface area (TPSA) is 145 Å². The molecule has 0 aliphatic heterocycles. The number of carbonyl (C=O) groups excluding carboxylic acids is 3. The van der Waals surface area contributed by atoms with Crippen molar-refractivity contribution < 1.29 is 27.5 Å². The number of hydrogen-bond acceptors (Lipinski definition) is 6. The molecule has 2 amide bonds. The number of nitrogens with one attached hydrogen (secondary N) is 2. The van der Waals surface area contributed by atoms with E-state index in [-0.39, 0.29) is 16.0 Å². The van der Waals surface area contributed by atoms with Crippen LogP contribution in [0, 0.1) is 0 Å². The number of amides is 2. The molecule has 9 nitrogen and oxygen atoms in total. The van der Waals surface area contributed by atoms with Gasteiger partial charge in [0.1, 0.15) is 6.54 Å². The summed E-state index contributed by atoms with van der Waals surface area (Å²) in [7, 11) is -3.93. The van der Waals surface area contributed by atoms with Crippen LogP contribution >= 0.6 is 0 Å². The van der Waals surface area contributed by atoms with E-state index in [0.29, 0.717) is 5.56 Å². The van der Waals surface area contributed by atoms with Gasteiger partial charge in [-0.3, -0.25) is 14.4 Å². The minimum atomic E-state index is -3.93. The third kappa shape index (κ3) is 7.17. The normalized spacial score (nSPS) is 12.5. The summed E-state index contributed by atoms with van der Waals surface area (Å²) in [6.07, 6.45) is -1.18. The number of esters is 1. The van der Waals surface area contributed by atoms with E-state index in [1.165, 1.54) is 31.2 Å². The highest BCUT2D eigenvalue weighted by Gasteiger charge is 2.20. The molecule has 0 saturated heterocycles. The third-order valence-electron chi connectivity index (χ3n) is 4.51. The number of carbonyl (C=O) groups is 3. The number of ether oxygens (including phenoxy) is 1. The van der Waals surface area contributed by atoms with E-state index in [4.69, 9.17) is 9.88 Å². The maximum atomic E-state index is 12.2. The van der Waals surface area contributed by atoms with Crippen molar-refractivity contribution in [1.82, 2.24) is 5.32 Å². The third-order valence-corrected chi connectivity index (χ3v) is 5.42. The van der Waals surface area contributed by atoms with Crippen molar-refractivity contribution >= 4 is 33.5 Å². The number of anilines is 1. The summed E-state index contributed by atoms with van der Waals surface area (Å²) < 4.78 is 27.8. The summed E-state index contributed by atoms with van der Waals surface area (Å²) in [6.45, 7) is 7.12. The highest BCUT2D eigenvalue weighted by Crippen LogP contribution is 2.22. The fourth-order valence-corrected chi connectivity index (χ4v) is 3.22. The quantitative estimate of drug-likeness (QED) is 0.537. The molecule has 0 aliphatic carbocycles. The molecule has 1 unspecified atom stereocenters. The van der Waals surface area contributed by atoms with Gasteiger partial charge in [0.25, 0.3) is 11.8 Å². The Hall–Kier alpha value is -3.24. The van der Waals surface area contributed by atoms with Crippen LogP contribution in [0.3, 0.4) is 0 Å². The van der Waals surface area contributed by atoms with Crippen LogP contribution in [0.15, 0.2) is 53.4 Å². The van der Waals surface area contributed by atoms with Crippen molar-refractivity contribution in [3.05, 3.63) is 59.7 Å². The summed E-state index contributed by atoms with van der Waals surface area (Å²) >= 11 is 0. The summed E-state index contributed by atoms with van der Waals surface area (Å²) in [5.41, 5.74) is 1.60. The molecule has 172 valence electrons. The summed E-state index contributed by atoms with van der Waals surface area (Å²) in [6, 6.07) is 12.4. The van der Waals surface area contributed by atoms with Gasteiger partial charge in [0, 0.05) is 11.3 Å². The van der Waals surface area contributed by atoms with Gasteiger partial charge < -0.3 is 15.4 Å². The molecule has 2 rings (SSSR count).